The molecule has 0 fully saturated rings. The summed E-state index contributed by atoms with van der Waals surface area (Å²) in [5.74, 6) is 0.865. The van der Waals surface area contributed by atoms with Crippen LogP contribution < -0.4 is 4.74 Å². The number of aldehydes is 1. The second-order valence-electron chi connectivity index (χ2n) is 6.10. The molecule has 1 N–H and O–H groups in total. The van der Waals surface area contributed by atoms with Gasteiger partial charge in [0.1, 0.15) is 12.4 Å². The Hall–Kier alpha value is -3.01. The second-order valence-corrected chi connectivity index (χ2v) is 6.10. The zero-order chi connectivity index (χ0) is 19.6. The summed E-state index contributed by atoms with van der Waals surface area (Å²) >= 11 is 0. The molecule has 0 saturated heterocycles. The molecule has 2 aromatic carbocycles. The third kappa shape index (κ3) is 5.23. The van der Waals surface area contributed by atoms with Gasteiger partial charge in [-0.3, -0.25) is 4.79 Å². The molecule has 0 aliphatic heterocycles. The van der Waals surface area contributed by atoms with Crippen LogP contribution in [0, 0.1) is 0 Å². The number of allylic oxidation sites excluding steroid dienone is 3. The van der Waals surface area contributed by atoms with Crippen LogP contribution in [0.2, 0.25) is 0 Å². The average molecular weight is 366 g/mol. The Morgan fingerprint density at radius 1 is 1.19 bits per heavy atom. The smallest absolute Gasteiger partial charge is 0.168 e. The van der Waals surface area contributed by atoms with Crippen LogP contribution in [0.3, 0.4) is 0 Å². The first kappa shape index (κ1) is 20.3. The maximum Gasteiger partial charge on any atom is 0.168 e. The second kappa shape index (κ2) is 10.2. The zero-order valence-electron chi connectivity index (χ0n) is 16.1. The monoisotopic (exact) mass is 366 g/mol. The molecule has 0 amide bonds. The number of carbonyl (C=O) groups excluding carboxylic acids is 1. The number of aromatic hydroxyl groups is 1. The molecule has 0 aliphatic carbocycles. The van der Waals surface area contributed by atoms with Crippen molar-refractivity contribution >= 4 is 11.9 Å². The number of benzene rings is 2. The molecule has 0 unspecified atom stereocenters. The number of phenolic OH excluding ortho intramolecular Hbond substituents is 1. The van der Waals surface area contributed by atoms with Crippen LogP contribution in [0.5, 0.6) is 11.5 Å². The Morgan fingerprint density at radius 2 is 1.93 bits per heavy atom. The van der Waals surface area contributed by atoms with Crippen molar-refractivity contribution in [3.8, 4) is 11.5 Å². The summed E-state index contributed by atoms with van der Waals surface area (Å²) in [6, 6.07) is 13.4. The van der Waals surface area contributed by atoms with Crippen molar-refractivity contribution in [3.05, 3.63) is 77.1 Å². The van der Waals surface area contributed by atoms with E-state index in [-0.39, 0.29) is 17.1 Å². The fourth-order valence-corrected chi connectivity index (χ4v) is 2.83. The van der Waals surface area contributed by atoms with Gasteiger partial charge >= 0.3 is 0 Å². The molecule has 4 nitrogen and oxygen atoms in total. The lowest BCUT2D eigenvalue weighted by atomic mass is 9.97. The first-order valence-corrected chi connectivity index (χ1v) is 9.03. The molecule has 0 bridgehead atoms. The van der Waals surface area contributed by atoms with E-state index < -0.39 is 0 Å². The summed E-state index contributed by atoms with van der Waals surface area (Å²) < 4.78 is 11.4. The molecule has 2 rings (SSSR count). The number of ether oxygens (including phenoxy) is 2. The van der Waals surface area contributed by atoms with E-state index in [0.717, 1.165) is 35.3 Å². The highest BCUT2D eigenvalue weighted by Crippen LogP contribution is 2.36. The van der Waals surface area contributed by atoms with Gasteiger partial charge < -0.3 is 14.6 Å². The molecular weight excluding hydrogens is 340 g/mol. The Labute approximate surface area is 160 Å². The van der Waals surface area contributed by atoms with E-state index >= 15 is 0 Å². The van der Waals surface area contributed by atoms with E-state index in [1.54, 1.807) is 12.1 Å². The van der Waals surface area contributed by atoms with Gasteiger partial charge in [0.25, 0.3) is 0 Å². The van der Waals surface area contributed by atoms with Crippen LogP contribution in [-0.2, 0) is 11.3 Å². The number of methoxy groups -OCH3 is 1. The summed E-state index contributed by atoms with van der Waals surface area (Å²) in [6.07, 6.45) is 6.15. The van der Waals surface area contributed by atoms with Crippen LogP contribution >= 0.6 is 0 Å². The molecule has 4 heteroatoms. The van der Waals surface area contributed by atoms with Crippen molar-refractivity contribution in [2.75, 3.05) is 7.11 Å². The zero-order valence-corrected chi connectivity index (χ0v) is 16.1. The highest BCUT2D eigenvalue weighted by Gasteiger charge is 2.15. The molecule has 0 spiro atoms. The minimum Gasteiger partial charge on any atom is -0.504 e. The standard InChI is InChI=1S/C23H26O4/c1-4-9-20(18-13-19(15-24)23(25)22(14-18)26-3)21(10-5-2)27-16-17-11-7-6-8-12-17/h5-8,10-15,25H,4,9,16H2,1-3H3/b10-5-,21-20-. The van der Waals surface area contributed by atoms with E-state index in [0.29, 0.717) is 12.9 Å². The Balaban J connectivity index is 2.50. The third-order valence-corrected chi connectivity index (χ3v) is 4.15. The quantitative estimate of drug-likeness (QED) is 0.361. The minimum absolute atomic E-state index is 0.148. The molecule has 142 valence electrons. The van der Waals surface area contributed by atoms with Crippen molar-refractivity contribution in [3.63, 3.8) is 0 Å². The van der Waals surface area contributed by atoms with Gasteiger partial charge in [-0.2, -0.15) is 0 Å². The molecule has 0 aromatic heterocycles. The molecule has 2 aromatic rings. The van der Waals surface area contributed by atoms with E-state index in [9.17, 15) is 9.90 Å². The fraction of sp³-hybridized carbons (Fsp3) is 0.261. The maximum atomic E-state index is 11.4. The van der Waals surface area contributed by atoms with Gasteiger partial charge in [0.2, 0.25) is 0 Å². The fourth-order valence-electron chi connectivity index (χ4n) is 2.83. The van der Waals surface area contributed by atoms with Crippen molar-refractivity contribution in [1.29, 1.82) is 0 Å². The number of phenols is 1. The molecular formula is C23H26O4. The van der Waals surface area contributed by atoms with Gasteiger partial charge in [-0.1, -0.05) is 49.8 Å². The van der Waals surface area contributed by atoms with Crippen molar-refractivity contribution < 1.29 is 19.4 Å². The highest BCUT2D eigenvalue weighted by atomic mass is 16.5. The van der Waals surface area contributed by atoms with Crippen LogP contribution in [0.4, 0.5) is 0 Å². The van der Waals surface area contributed by atoms with E-state index in [1.165, 1.54) is 7.11 Å². The molecule has 0 aliphatic rings. The lowest BCUT2D eigenvalue weighted by Crippen LogP contribution is -1.99. The largest absolute Gasteiger partial charge is 0.504 e. The number of carbonyl (C=O) groups is 1. The molecule has 0 atom stereocenters. The predicted octanol–water partition coefficient (Wildman–Crippen LogP) is 5.52. The van der Waals surface area contributed by atoms with Crippen LogP contribution in [-0.4, -0.2) is 18.5 Å². The summed E-state index contributed by atoms with van der Waals surface area (Å²) in [6.45, 7) is 4.47. The molecule has 0 saturated carbocycles. The first-order chi connectivity index (χ1) is 13.1. The topological polar surface area (TPSA) is 55.8 Å². The minimum atomic E-state index is -0.148. The SMILES string of the molecule is C/C=C\C(OCc1ccccc1)=C(/CCC)c1cc(C=O)c(O)c(OC)c1. The number of hydrogen-bond acceptors (Lipinski definition) is 4. The van der Waals surface area contributed by atoms with Crippen molar-refractivity contribution in [1.82, 2.24) is 0 Å². The maximum absolute atomic E-state index is 11.4. The van der Waals surface area contributed by atoms with Crippen molar-refractivity contribution in [2.45, 2.75) is 33.3 Å². The normalized spacial score (nSPS) is 12.0. The van der Waals surface area contributed by atoms with E-state index in [2.05, 4.69) is 6.92 Å². The van der Waals surface area contributed by atoms with Gasteiger partial charge in [-0.15, -0.1) is 0 Å². The average Bonchev–Trinajstić information content (AvgIpc) is 2.70. The van der Waals surface area contributed by atoms with Gasteiger partial charge in [-0.25, -0.2) is 0 Å². The Bertz CT molecular complexity index is 820. The summed E-state index contributed by atoms with van der Waals surface area (Å²) in [5.41, 5.74) is 3.04. The van der Waals surface area contributed by atoms with Gasteiger partial charge in [0, 0.05) is 5.57 Å². The molecule has 27 heavy (non-hydrogen) atoms. The first-order valence-electron chi connectivity index (χ1n) is 9.03. The van der Waals surface area contributed by atoms with Gasteiger partial charge in [0.05, 0.1) is 12.7 Å². The van der Waals surface area contributed by atoms with Crippen LogP contribution in [0.25, 0.3) is 5.57 Å². The van der Waals surface area contributed by atoms with E-state index in [1.807, 2.05) is 49.4 Å². The van der Waals surface area contributed by atoms with Gasteiger partial charge in [-0.05, 0) is 42.7 Å². The predicted molar refractivity (Wildman–Crippen MR) is 108 cm³/mol. The number of hydrogen-bond donors (Lipinski definition) is 1. The number of rotatable bonds is 9. The molecule has 0 radical (unpaired) electrons. The van der Waals surface area contributed by atoms with Gasteiger partial charge in [0.15, 0.2) is 17.8 Å². The Kier molecular flexibility index (Phi) is 7.68. The summed E-state index contributed by atoms with van der Waals surface area (Å²) in [4.78, 5) is 11.4. The third-order valence-electron chi connectivity index (χ3n) is 4.15. The lowest BCUT2D eigenvalue weighted by molar-refractivity contribution is 0.112. The highest BCUT2D eigenvalue weighted by molar-refractivity contribution is 5.84. The lowest BCUT2D eigenvalue weighted by Gasteiger charge is -2.16. The Morgan fingerprint density at radius 3 is 2.52 bits per heavy atom. The van der Waals surface area contributed by atoms with E-state index in [4.69, 9.17) is 9.47 Å². The molecule has 0 heterocycles. The summed E-state index contributed by atoms with van der Waals surface area (Å²) in [5, 5.41) is 10.1. The summed E-state index contributed by atoms with van der Waals surface area (Å²) in [7, 11) is 1.47. The van der Waals surface area contributed by atoms with Crippen molar-refractivity contribution in [2.24, 2.45) is 0 Å². The van der Waals surface area contributed by atoms with Crippen LogP contribution in [0.1, 0.15) is 48.2 Å². The van der Waals surface area contributed by atoms with Crippen LogP contribution in [0.15, 0.2) is 60.4 Å².